The monoisotopic (exact) mass is 327 g/mol. The van der Waals surface area contributed by atoms with E-state index in [2.05, 4.69) is 5.32 Å². The summed E-state index contributed by atoms with van der Waals surface area (Å²) < 4.78 is 10.8. The average Bonchev–Trinajstić information content (AvgIpc) is 2.55. The fourth-order valence-electron chi connectivity index (χ4n) is 2.07. The first-order valence-corrected chi connectivity index (χ1v) is 7.87. The molecule has 0 heterocycles. The van der Waals surface area contributed by atoms with Crippen molar-refractivity contribution in [2.45, 2.75) is 26.7 Å². The van der Waals surface area contributed by atoms with Gasteiger partial charge >= 0.3 is 5.97 Å². The van der Waals surface area contributed by atoms with E-state index >= 15 is 0 Å². The van der Waals surface area contributed by atoms with Gasteiger partial charge in [0.25, 0.3) is 0 Å². The van der Waals surface area contributed by atoms with Crippen LogP contribution in [0.25, 0.3) is 0 Å². The third kappa shape index (κ3) is 5.76. The normalized spacial score (nSPS) is 10.1. The quantitative estimate of drug-likeness (QED) is 0.623. The Kier molecular flexibility index (Phi) is 6.37. The minimum atomic E-state index is -0.343. The topological polar surface area (TPSA) is 64.6 Å². The van der Waals surface area contributed by atoms with Crippen molar-refractivity contribution < 1.29 is 19.1 Å². The van der Waals surface area contributed by atoms with Crippen LogP contribution in [0, 0.1) is 0 Å². The maximum Gasteiger partial charge on any atom is 0.315 e. The van der Waals surface area contributed by atoms with Crippen molar-refractivity contribution in [1.82, 2.24) is 0 Å². The number of nitrogens with one attached hydrogen (secondary N) is 1. The number of carbonyl (C=O) groups excluding carboxylic acids is 2. The van der Waals surface area contributed by atoms with Crippen molar-refractivity contribution in [3.8, 4) is 11.5 Å². The molecule has 0 saturated heterocycles. The maximum atomic E-state index is 12.0. The minimum Gasteiger partial charge on any atom is -0.494 e. The van der Waals surface area contributed by atoms with E-state index in [1.54, 1.807) is 48.5 Å². The predicted octanol–water partition coefficient (Wildman–Crippen LogP) is 3.58. The lowest BCUT2D eigenvalue weighted by atomic mass is 10.1. The lowest BCUT2D eigenvalue weighted by Crippen LogP contribution is -2.11. The van der Waals surface area contributed by atoms with Gasteiger partial charge in [0.2, 0.25) is 5.91 Å². The molecule has 0 unspecified atom stereocenters. The van der Waals surface area contributed by atoms with Crippen molar-refractivity contribution in [1.29, 1.82) is 0 Å². The molecule has 0 radical (unpaired) electrons. The average molecular weight is 327 g/mol. The summed E-state index contributed by atoms with van der Waals surface area (Å²) in [5, 5.41) is 2.68. The summed E-state index contributed by atoms with van der Waals surface area (Å²) in [6.07, 6.45) is 1.10. The highest BCUT2D eigenvalue weighted by molar-refractivity contribution is 5.88. The summed E-state index contributed by atoms with van der Waals surface area (Å²) >= 11 is 0. The molecule has 5 heteroatoms. The molecule has 2 rings (SSSR count). The van der Waals surface area contributed by atoms with Crippen LogP contribution in [0.1, 0.15) is 25.8 Å². The van der Waals surface area contributed by atoms with Gasteiger partial charge in [-0.1, -0.05) is 19.1 Å². The van der Waals surface area contributed by atoms with Crippen LogP contribution in [0.3, 0.4) is 0 Å². The molecule has 5 nitrogen and oxygen atoms in total. The SMILES string of the molecule is CCCOc1ccc(OC(=O)Cc2ccc(NC(C)=O)cc2)cc1. The number of amides is 1. The third-order valence-electron chi connectivity index (χ3n) is 3.15. The van der Waals surface area contributed by atoms with E-state index in [4.69, 9.17) is 9.47 Å². The highest BCUT2D eigenvalue weighted by Crippen LogP contribution is 2.18. The zero-order valence-corrected chi connectivity index (χ0v) is 13.9. The van der Waals surface area contributed by atoms with Gasteiger partial charge in [0.15, 0.2) is 0 Å². The van der Waals surface area contributed by atoms with Crippen molar-refractivity contribution in [2.24, 2.45) is 0 Å². The molecular formula is C19H21NO4. The molecule has 1 amide bonds. The van der Waals surface area contributed by atoms with Crippen LogP contribution in [0.15, 0.2) is 48.5 Å². The summed E-state index contributed by atoms with van der Waals surface area (Å²) in [5.41, 5.74) is 1.51. The number of esters is 1. The number of benzene rings is 2. The standard InChI is InChI=1S/C19H21NO4/c1-3-12-23-17-8-10-18(11-9-17)24-19(22)13-15-4-6-16(7-5-15)20-14(2)21/h4-11H,3,12-13H2,1-2H3,(H,20,21). The van der Waals surface area contributed by atoms with Crippen LogP contribution < -0.4 is 14.8 Å². The summed E-state index contributed by atoms with van der Waals surface area (Å²) in [6.45, 7) is 4.15. The number of hydrogen-bond donors (Lipinski definition) is 1. The lowest BCUT2D eigenvalue weighted by molar-refractivity contribution is -0.133. The van der Waals surface area contributed by atoms with E-state index in [9.17, 15) is 9.59 Å². The Morgan fingerprint density at radius 2 is 1.58 bits per heavy atom. The second-order valence-electron chi connectivity index (χ2n) is 5.35. The Labute approximate surface area is 141 Å². The number of carbonyl (C=O) groups is 2. The molecule has 2 aromatic rings. The zero-order valence-electron chi connectivity index (χ0n) is 13.9. The van der Waals surface area contributed by atoms with E-state index < -0.39 is 0 Å². The molecule has 0 aliphatic rings. The van der Waals surface area contributed by atoms with Crippen molar-refractivity contribution in [3.63, 3.8) is 0 Å². The van der Waals surface area contributed by atoms with Crippen molar-refractivity contribution in [2.75, 3.05) is 11.9 Å². The largest absolute Gasteiger partial charge is 0.494 e. The smallest absolute Gasteiger partial charge is 0.315 e. The number of rotatable bonds is 7. The van der Waals surface area contributed by atoms with E-state index in [0.29, 0.717) is 18.0 Å². The van der Waals surface area contributed by atoms with E-state index in [-0.39, 0.29) is 18.3 Å². The van der Waals surface area contributed by atoms with Crippen LogP contribution in [0.4, 0.5) is 5.69 Å². The molecule has 0 spiro atoms. The van der Waals surface area contributed by atoms with Gasteiger partial charge in [0.05, 0.1) is 13.0 Å². The molecule has 0 aliphatic heterocycles. The van der Waals surface area contributed by atoms with Gasteiger partial charge in [-0.05, 0) is 48.4 Å². The van der Waals surface area contributed by atoms with Gasteiger partial charge in [-0.15, -0.1) is 0 Å². The van der Waals surface area contributed by atoms with Crippen molar-refractivity contribution >= 4 is 17.6 Å². The zero-order chi connectivity index (χ0) is 17.4. The van der Waals surface area contributed by atoms with Gasteiger partial charge in [-0.3, -0.25) is 9.59 Å². The summed E-state index contributed by atoms with van der Waals surface area (Å²) in [4.78, 5) is 22.9. The molecule has 2 aromatic carbocycles. The first-order chi connectivity index (χ1) is 11.6. The highest BCUT2D eigenvalue weighted by atomic mass is 16.5. The van der Waals surface area contributed by atoms with Crippen LogP contribution in [-0.2, 0) is 16.0 Å². The Balaban J connectivity index is 1.87. The minimum absolute atomic E-state index is 0.131. The predicted molar refractivity (Wildman–Crippen MR) is 92.3 cm³/mol. The molecule has 126 valence electrons. The van der Waals surface area contributed by atoms with Gasteiger partial charge < -0.3 is 14.8 Å². The first kappa shape index (κ1) is 17.5. The fraction of sp³-hybridized carbons (Fsp3) is 0.263. The number of ether oxygens (including phenoxy) is 2. The van der Waals surface area contributed by atoms with Crippen molar-refractivity contribution in [3.05, 3.63) is 54.1 Å². The highest BCUT2D eigenvalue weighted by Gasteiger charge is 2.07. The molecule has 0 aromatic heterocycles. The van der Waals surface area contributed by atoms with Gasteiger partial charge in [-0.2, -0.15) is 0 Å². The molecular weight excluding hydrogens is 306 g/mol. The fourth-order valence-corrected chi connectivity index (χ4v) is 2.07. The number of anilines is 1. The van der Waals surface area contributed by atoms with Gasteiger partial charge in [0.1, 0.15) is 11.5 Å². The molecule has 0 fully saturated rings. The molecule has 1 N–H and O–H groups in total. The Hall–Kier alpha value is -2.82. The van der Waals surface area contributed by atoms with Crippen LogP contribution in [-0.4, -0.2) is 18.5 Å². The second-order valence-corrected chi connectivity index (χ2v) is 5.35. The Morgan fingerprint density at radius 3 is 2.17 bits per heavy atom. The van der Waals surface area contributed by atoms with E-state index in [0.717, 1.165) is 17.7 Å². The van der Waals surface area contributed by atoms with E-state index in [1.807, 2.05) is 6.92 Å². The Morgan fingerprint density at radius 1 is 0.958 bits per heavy atom. The molecule has 0 aliphatic carbocycles. The van der Waals surface area contributed by atoms with Crippen LogP contribution in [0.5, 0.6) is 11.5 Å². The Bertz CT molecular complexity index is 678. The second kappa shape index (κ2) is 8.72. The van der Waals surface area contributed by atoms with Crippen LogP contribution >= 0.6 is 0 Å². The van der Waals surface area contributed by atoms with Crippen LogP contribution in [0.2, 0.25) is 0 Å². The van der Waals surface area contributed by atoms with Gasteiger partial charge in [-0.25, -0.2) is 0 Å². The molecule has 0 atom stereocenters. The lowest BCUT2D eigenvalue weighted by Gasteiger charge is -2.07. The van der Waals surface area contributed by atoms with E-state index in [1.165, 1.54) is 6.92 Å². The molecule has 0 bridgehead atoms. The third-order valence-corrected chi connectivity index (χ3v) is 3.15. The maximum absolute atomic E-state index is 12.0. The summed E-state index contributed by atoms with van der Waals surface area (Å²) in [5.74, 6) is 0.766. The molecule has 24 heavy (non-hydrogen) atoms. The first-order valence-electron chi connectivity index (χ1n) is 7.87. The molecule has 0 saturated carbocycles. The summed E-state index contributed by atoms with van der Waals surface area (Å²) in [7, 11) is 0. The van der Waals surface area contributed by atoms with Gasteiger partial charge in [0, 0.05) is 12.6 Å². The number of hydrogen-bond acceptors (Lipinski definition) is 4. The summed E-state index contributed by atoms with van der Waals surface area (Å²) in [6, 6.07) is 14.1.